The summed E-state index contributed by atoms with van der Waals surface area (Å²) in [5.41, 5.74) is 4.86. The molecular weight excluding hydrogens is 662 g/mol. The number of amides is 2. The fourth-order valence-electron chi connectivity index (χ4n) is 6.20. The van der Waals surface area contributed by atoms with Gasteiger partial charge in [0.25, 0.3) is 11.8 Å². The summed E-state index contributed by atoms with van der Waals surface area (Å²) in [6.07, 6.45) is 1.64. The lowest BCUT2D eigenvalue weighted by molar-refractivity contribution is 0.0533. The van der Waals surface area contributed by atoms with E-state index >= 15 is 0 Å². The Labute approximate surface area is 300 Å². The number of methoxy groups -OCH3 is 4. The van der Waals surface area contributed by atoms with Gasteiger partial charge in [0.05, 0.1) is 45.4 Å². The van der Waals surface area contributed by atoms with Crippen LogP contribution in [0.3, 0.4) is 0 Å². The van der Waals surface area contributed by atoms with Gasteiger partial charge >= 0.3 is 0 Å². The van der Waals surface area contributed by atoms with Gasteiger partial charge in [-0.05, 0) is 54.6 Å². The normalized spacial score (nSPS) is 12.8. The molecular formula is C39H37N7O6. The minimum Gasteiger partial charge on any atom is -0.497 e. The maximum atomic E-state index is 14.1. The minimum atomic E-state index is -0.256. The number of ether oxygens (including phenoxy) is 4. The average molecular weight is 700 g/mol. The zero-order valence-corrected chi connectivity index (χ0v) is 29.2. The van der Waals surface area contributed by atoms with Crippen LogP contribution in [0, 0.1) is 0 Å². The van der Waals surface area contributed by atoms with Crippen molar-refractivity contribution in [3.05, 3.63) is 108 Å². The van der Waals surface area contributed by atoms with Gasteiger partial charge < -0.3 is 34.1 Å². The number of nitrogens with one attached hydrogen (secondary N) is 1. The van der Waals surface area contributed by atoms with Crippen molar-refractivity contribution < 1.29 is 28.5 Å². The molecule has 264 valence electrons. The summed E-state index contributed by atoms with van der Waals surface area (Å²) in [7, 11) is 6.26. The van der Waals surface area contributed by atoms with Crippen LogP contribution in [0.25, 0.3) is 28.2 Å². The highest BCUT2D eigenvalue weighted by molar-refractivity contribution is 6.00. The first kappa shape index (κ1) is 33.8. The van der Waals surface area contributed by atoms with Crippen LogP contribution in [0.15, 0.2) is 97.2 Å². The number of piperazine rings is 1. The van der Waals surface area contributed by atoms with Gasteiger partial charge in [0.2, 0.25) is 5.75 Å². The maximum Gasteiger partial charge on any atom is 0.272 e. The van der Waals surface area contributed by atoms with Gasteiger partial charge in [-0.3, -0.25) is 9.59 Å². The second-order valence-corrected chi connectivity index (χ2v) is 11.9. The van der Waals surface area contributed by atoms with Crippen LogP contribution in [0.5, 0.6) is 23.0 Å². The summed E-state index contributed by atoms with van der Waals surface area (Å²) in [4.78, 5) is 40.5. The van der Waals surface area contributed by atoms with Gasteiger partial charge in [0, 0.05) is 55.3 Å². The molecule has 0 atom stereocenters. The number of fused-ring (bicyclic) bond motifs is 1. The third kappa shape index (κ3) is 6.63. The zero-order chi connectivity index (χ0) is 36.2. The molecule has 7 rings (SSSR count). The molecule has 0 radical (unpaired) electrons. The van der Waals surface area contributed by atoms with Crippen molar-refractivity contribution in [1.82, 2.24) is 29.4 Å². The van der Waals surface area contributed by atoms with E-state index in [0.717, 1.165) is 17.0 Å². The number of aromatic nitrogens is 4. The predicted molar refractivity (Wildman–Crippen MR) is 196 cm³/mol. The van der Waals surface area contributed by atoms with Gasteiger partial charge in [0.1, 0.15) is 17.3 Å². The summed E-state index contributed by atoms with van der Waals surface area (Å²) in [5, 5.41) is 8.12. The molecule has 0 bridgehead atoms. The highest BCUT2D eigenvalue weighted by Crippen LogP contribution is 2.41. The van der Waals surface area contributed by atoms with E-state index in [2.05, 4.69) is 10.3 Å². The van der Waals surface area contributed by atoms with Crippen LogP contribution < -0.4 is 24.3 Å². The molecule has 1 N–H and O–H groups in total. The second-order valence-electron chi connectivity index (χ2n) is 11.9. The molecule has 3 aromatic carbocycles. The van der Waals surface area contributed by atoms with Crippen molar-refractivity contribution in [1.29, 1.82) is 0 Å². The Morgan fingerprint density at radius 2 is 1.37 bits per heavy atom. The highest BCUT2D eigenvalue weighted by atomic mass is 16.5. The van der Waals surface area contributed by atoms with Crippen LogP contribution in [-0.2, 0) is 0 Å². The quantitative estimate of drug-likeness (QED) is 0.186. The van der Waals surface area contributed by atoms with Crippen molar-refractivity contribution in [3.8, 4) is 45.5 Å². The molecule has 13 nitrogen and oxygen atoms in total. The molecule has 1 fully saturated rings. The number of benzene rings is 3. The number of anilines is 2. The van der Waals surface area contributed by atoms with Crippen LogP contribution in [0.1, 0.15) is 20.8 Å². The Morgan fingerprint density at radius 1 is 0.692 bits per heavy atom. The summed E-state index contributed by atoms with van der Waals surface area (Å²) >= 11 is 0. The zero-order valence-electron chi connectivity index (χ0n) is 29.2. The highest BCUT2D eigenvalue weighted by Gasteiger charge is 2.29. The van der Waals surface area contributed by atoms with Crippen LogP contribution >= 0.6 is 0 Å². The monoisotopic (exact) mass is 699 g/mol. The molecule has 6 aromatic rings. The first-order valence-corrected chi connectivity index (χ1v) is 16.6. The van der Waals surface area contributed by atoms with E-state index in [0.29, 0.717) is 77.4 Å². The van der Waals surface area contributed by atoms with Crippen molar-refractivity contribution in [2.45, 2.75) is 0 Å². The summed E-state index contributed by atoms with van der Waals surface area (Å²) in [6, 6.07) is 27.8. The van der Waals surface area contributed by atoms with Crippen molar-refractivity contribution in [2.24, 2.45) is 0 Å². The fraction of sp³-hybridized carbons (Fsp3) is 0.205. The summed E-state index contributed by atoms with van der Waals surface area (Å²) in [6.45, 7) is 1.34. The maximum absolute atomic E-state index is 14.1. The number of rotatable bonds is 10. The average Bonchev–Trinajstić information content (AvgIpc) is 3.65. The molecule has 2 amide bonds. The van der Waals surface area contributed by atoms with Gasteiger partial charge in [-0.15, -0.1) is 0 Å². The lowest BCUT2D eigenvalue weighted by atomic mass is 10.1. The molecule has 13 heteroatoms. The molecule has 3 aromatic heterocycles. The molecule has 0 unspecified atom stereocenters. The number of carbonyl (C=O) groups is 2. The third-order valence-corrected chi connectivity index (χ3v) is 8.92. The Bertz CT molecular complexity index is 2210. The molecule has 0 saturated carbocycles. The fourth-order valence-corrected chi connectivity index (χ4v) is 6.20. The topological polar surface area (TPSA) is 133 Å². The molecule has 1 saturated heterocycles. The van der Waals surface area contributed by atoms with E-state index in [1.54, 1.807) is 67.2 Å². The van der Waals surface area contributed by atoms with E-state index in [4.69, 9.17) is 29.0 Å². The van der Waals surface area contributed by atoms with Crippen LogP contribution in [0.2, 0.25) is 0 Å². The third-order valence-electron chi connectivity index (χ3n) is 8.92. The van der Waals surface area contributed by atoms with Gasteiger partial charge in [-0.25, -0.2) is 14.5 Å². The number of hydrogen-bond donors (Lipinski definition) is 1. The molecule has 0 spiro atoms. The van der Waals surface area contributed by atoms with E-state index in [1.165, 1.54) is 0 Å². The second kappa shape index (κ2) is 14.7. The van der Waals surface area contributed by atoms with E-state index in [-0.39, 0.29) is 17.5 Å². The largest absolute Gasteiger partial charge is 0.497 e. The number of carbonyl (C=O) groups excluding carboxylic acids is 2. The molecule has 4 heterocycles. The minimum absolute atomic E-state index is 0.173. The smallest absolute Gasteiger partial charge is 0.272 e. The predicted octanol–water partition coefficient (Wildman–Crippen LogP) is 5.83. The standard InChI is InChI=1S/C39H37N7O6/c1-49-28-14-12-27(13-15-28)41-37-29(11-8-16-40-37)38(47)44-17-19-45(20-18-44)39(48)31-23-32(26-21-33(50-2)36(52-4)34(22-26)51-3)46-35(42-31)24-30(43-46)25-9-6-5-7-10-25/h5-16,21-24H,17-20H2,1-4H3,(H,40,41). The SMILES string of the molecule is COc1ccc(Nc2ncccc2C(=O)N2CCN(C(=O)c3cc(-c4cc(OC)c(OC)c(OC)c4)n4nc(-c5ccccc5)cc4n3)CC2)cc1. The summed E-state index contributed by atoms with van der Waals surface area (Å²) in [5.74, 6) is 2.11. The lowest BCUT2D eigenvalue weighted by Gasteiger charge is -2.35. The van der Waals surface area contributed by atoms with E-state index < -0.39 is 0 Å². The van der Waals surface area contributed by atoms with Gasteiger partial charge in [-0.1, -0.05) is 30.3 Å². The van der Waals surface area contributed by atoms with Gasteiger partial charge in [-0.2, -0.15) is 5.10 Å². The van der Waals surface area contributed by atoms with Crippen molar-refractivity contribution in [2.75, 3.05) is 59.9 Å². The van der Waals surface area contributed by atoms with E-state index in [1.807, 2.05) is 72.8 Å². The molecule has 0 aliphatic carbocycles. The molecule has 52 heavy (non-hydrogen) atoms. The van der Waals surface area contributed by atoms with E-state index in [9.17, 15) is 9.59 Å². The number of nitrogens with zero attached hydrogens (tertiary/aromatic N) is 6. The lowest BCUT2D eigenvalue weighted by Crippen LogP contribution is -2.50. The van der Waals surface area contributed by atoms with Crippen molar-refractivity contribution >= 4 is 29.0 Å². The first-order valence-electron chi connectivity index (χ1n) is 16.6. The van der Waals surface area contributed by atoms with Crippen LogP contribution in [-0.4, -0.2) is 95.8 Å². The van der Waals surface area contributed by atoms with Crippen molar-refractivity contribution in [3.63, 3.8) is 0 Å². The number of hydrogen-bond acceptors (Lipinski definition) is 10. The van der Waals surface area contributed by atoms with Gasteiger partial charge in [0.15, 0.2) is 17.1 Å². The molecule has 1 aliphatic heterocycles. The Morgan fingerprint density at radius 3 is 2.00 bits per heavy atom. The molecule has 1 aliphatic rings. The Balaban J connectivity index is 1.16. The first-order chi connectivity index (χ1) is 25.4. The Kier molecular flexibility index (Phi) is 9.56. The van der Waals surface area contributed by atoms with Crippen LogP contribution in [0.4, 0.5) is 11.5 Å². The summed E-state index contributed by atoms with van der Waals surface area (Å²) < 4.78 is 23.8. The number of pyridine rings is 1. The Hall–Kier alpha value is -6.63.